The first-order valence-corrected chi connectivity index (χ1v) is 6.76. The van der Waals surface area contributed by atoms with Gasteiger partial charge in [0.15, 0.2) is 0 Å². The van der Waals surface area contributed by atoms with Gasteiger partial charge in [0.05, 0.1) is 15.1 Å². The Balaban J connectivity index is 3.53. The highest BCUT2D eigenvalue weighted by Crippen LogP contribution is 2.30. The Hall–Kier alpha value is -1.68. The summed E-state index contributed by atoms with van der Waals surface area (Å²) in [5.41, 5.74) is 1.43. The molecule has 6 heteroatoms. The van der Waals surface area contributed by atoms with E-state index in [1.807, 2.05) is 0 Å². The monoisotopic (exact) mass is 342 g/mol. The predicted octanol–water partition coefficient (Wildman–Crippen LogP) is 4.02. The molecule has 1 aromatic carbocycles. The number of allylic oxidation sites excluding steroid dienone is 3. The lowest BCUT2D eigenvalue weighted by molar-refractivity contribution is -0.104. The van der Waals surface area contributed by atoms with Crippen molar-refractivity contribution < 1.29 is 14.4 Å². The van der Waals surface area contributed by atoms with Gasteiger partial charge in [-0.2, -0.15) is 0 Å². The molecule has 0 radical (unpaired) electrons. The first-order chi connectivity index (χ1) is 10.0. The number of halogens is 3. The van der Waals surface area contributed by atoms with Gasteiger partial charge < -0.3 is 0 Å². The van der Waals surface area contributed by atoms with Crippen molar-refractivity contribution in [1.82, 2.24) is 0 Å². The van der Waals surface area contributed by atoms with Gasteiger partial charge in [-0.25, -0.2) is 0 Å². The van der Waals surface area contributed by atoms with Gasteiger partial charge in [-0.15, -0.1) is 0 Å². The van der Waals surface area contributed by atoms with Crippen molar-refractivity contribution in [1.29, 1.82) is 0 Å². The molecule has 0 saturated heterocycles. The van der Waals surface area contributed by atoms with Gasteiger partial charge in [0, 0.05) is 0 Å². The summed E-state index contributed by atoms with van der Waals surface area (Å²) in [7, 11) is 0. The topological polar surface area (TPSA) is 51.2 Å². The van der Waals surface area contributed by atoms with E-state index in [0.29, 0.717) is 35.5 Å². The van der Waals surface area contributed by atoms with Crippen molar-refractivity contribution in [2.75, 3.05) is 0 Å². The van der Waals surface area contributed by atoms with Crippen molar-refractivity contribution in [2.24, 2.45) is 0 Å². The van der Waals surface area contributed by atoms with Crippen LogP contribution in [0.25, 0.3) is 15.1 Å². The van der Waals surface area contributed by atoms with Crippen LogP contribution in [0.3, 0.4) is 0 Å². The zero-order valence-corrected chi connectivity index (χ0v) is 12.8. The van der Waals surface area contributed by atoms with E-state index in [0.717, 1.165) is 0 Å². The van der Waals surface area contributed by atoms with Crippen molar-refractivity contribution in [3.05, 3.63) is 53.1 Å². The third-order valence-corrected chi connectivity index (χ3v) is 3.44. The van der Waals surface area contributed by atoms with Gasteiger partial charge in [-0.1, -0.05) is 34.8 Å². The smallest absolute Gasteiger partial charge is 0.144 e. The molecule has 0 atom stereocenters. The molecule has 1 aromatic rings. The standard InChI is InChI=1S/C15H9Cl3O3/c16-13(1-4-19)10-7-11(14(17)2-5-20)9-12(8-10)15(18)3-6-21/h1-9H/b13-1+,14-2+,15-3+. The number of carbonyl (C=O) groups is 3. The maximum atomic E-state index is 10.5. The van der Waals surface area contributed by atoms with Crippen LogP contribution in [0.1, 0.15) is 16.7 Å². The zero-order chi connectivity index (χ0) is 15.8. The van der Waals surface area contributed by atoms with Gasteiger partial charge in [-0.05, 0) is 53.1 Å². The summed E-state index contributed by atoms with van der Waals surface area (Å²) in [5, 5.41) is 0.540. The second-order valence-electron chi connectivity index (χ2n) is 3.75. The van der Waals surface area contributed by atoms with Crippen LogP contribution in [0.4, 0.5) is 0 Å². The van der Waals surface area contributed by atoms with Gasteiger partial charge in [0.25, 0.3) is 0 Å². The van der Waals surface area contributed by atoms with Crippen LogP contribution in [0.15, 0.2) is 36.4 Å². The summed E-state index contributed by atoms with van der Waals surface area (Å²) in [4.78, 5) is 31.5. The van der Waals surface area contributed by atoms with Crippen molar-refractivity contribution in [3.63, 3.8) is 0 Å². The van der Waals surface area contributed by atoms with E-state index in [-0.39, 0.29) is 15.1 Å². The average molecular weight is 344 g/mol. The van der Waals surface area contributed by atoms with Crippen molar-refractivity contribution in [3.8, 4) is 0 Å². The van der Waals surface area contributed by atoms with Crippen molar-refractivity contribution >= 4 is 68.8 Å². The summed E-state index contributed by atoms with van der Waals surface area (Å²) in [6, 6.07) is 4.79. The number of aldehydes is 3. The number of carbonyl (C=O) groups excluding carboxylic acids is 3. The predicted molar refractivity (Wildman–Crippen MR) is 86.1 cm³/mol. The molecule has 0 bridgehead atoms. The third-order valence-electron chi connectivity index (χ3n) is 2.40. The normalized spacial score (nSPS) is 13.0. The molecule has 0 aliphatic heterocycles. The molecule has 108 valence electrons. The summed E-state index contributed by atoms with van der Waals surface area (Å²) in [5.74, 6) is 0. The van der Waals surface area contributed by atoms with E-state index in [2.05, 4.69) is 0 Å². The van der Waals surface area contributed by atoms with E-state index < -0.39 is 0 Å². The maximum Gasteiger partial charge on any atom is 0.144 e. The second-order valence-corrected chi connectivity index (χ2v) is 4.97. The average Bonchev–Trinajstić information content (AvgIpc) is 2.47. The summed E-state index contributed by atoms with van der Waals surface area (Å²) >= 11 is 17.9. The first-order valence-electron chi connectivity index (χ1n) is 5.62. The molecule has 0 unspecified atom stereocenters. The summed E-state index contributed by atoms with van der Waals surface area (Å²) in [6.07, 6.45) is 5.12. The number of hydrogen-bond acceptors (Lipinski definition) is 3. The molecule has 0 spiro atoms. The molecule has 0 fully saturated rings. The molecule has 0 aliphatic rings. The fraction of sp³-hybridized carbons (Fsp3) is 0. The number of benzene rings is 1. The minimum absolute atomic E-state index is 0.180. The van der Waals surface area contributed by atoms with Crippen LogP contribution in [-0.2, 0) is 14.4 Å². The van der Waals surface area contributed by atoms with E-state index in [1.54, 1.807) is 18.2 Å². The van der Waals surface area contributed by atoms with Crippen molar-refractivity contribution in [2.45, 2.75) is 0 Å². The molecule has 1 rings (SSSR count). The van der Waals surface area contributed by atoms with E-state index in [4.69, 9.17) is 34.8 Å². The molecule has 0 saturated carbocycles. The molecule has 0 amide bonds. The molecular weight excluding hydrogens is 335 g/mol. The van der Waals surface area contributed by atoms with Gasteiger partial charge in [0.1, 0.15) is 18.9 Å². The molecule has 0 aliphatic carbocycles. The van der Waals surface area contributed by atoms with Crippen LogP contribution >= 0.6 is 34.8 Å². The first kappa shape index (κ1) is 17.4. The Morgan fingerprint density at radius 3 is 1.05 bits per heavy atom. The highest BCUT2D eigenvalue weighted by atomic mass is 35.5. The van der Waals surface area contributed by atoms with E-state index in [9.17, 15) is 14.4 Å². The van der Waals surface area contributed by atoms with Gasteiger partial charge >= 0.3 is 0 Å². The Morgan fingerprint density at radius 2 is 0.857 bits per heavy atom. The minimum Gasteiger partial charge on any atom is -0.299 e. The zero-order valence-electron chi connectivity index (χ0n) is 10.6. The minimum atomic E-state index is 0.180. The molecule has 0 aromatic heterocycles. The lowest BCUT2D eigenvalue weighted by atomic mass is 10.0. The van der Waals surface area contributed by atoms with Crippen LogP contribution in [0.2, 0.25) is 0 Å². The van der Waals surface area contributed by atoms with Gasteiger partial charge in [-0.3, -0.25) is 14.4 Å². The third kappa shape index (κ3) is 4.97. The Bertz CT molecular complexity index is 555. The number of hydrogen-bond donors (Lipinski definition) is 0. The lowest BCUT2D eigenvalue weighted by Gasteiger charge is -2.08. The maximum absolute atomic E-state index is 10.5. The van der Waals surface area contributed by atoms with Crippen LogP contribution < -0.4 is 0 Å². The van der Waals surface area contributed by atoms with Crippen LogP contribution in [-0.4, -0.2) is 18.9 Å². The molecule has 21 heavy (non-hydrogen) atoms. The second kappa shape index (κ2) is 8.57. The lowest BCUT2D eigenvalue weighted by Crippen LogP contribution is -1.89. The van der Waals surface area contributed by atoms with Crippen LogP contribution in [0.5, 0.6) is 0 Å². The van der Waals surface area contributed by atoms with Crippen LogP contribution in [0, 0.1) is 0 Å². The summed E-state index contributed by atoms with van der Waals surface area (Å²) < 4.78 is 0. The Kier molecular flexibility index (Phi) is 7.09. The summed E-state index contributed by atoms with van der Waals surface area (Å²) in [6.45, 7) is 0. The van der Waals surface area contributed by atoms with Gasteiger partial charge in [0.2, 0.25) is 0 Å². The highest BCUT2D eigenvalue weighted by molar-refractivity contribution is 6.52. The molecule has 3 nitrogen and oxygen atoms in total. The largest absolute Gasteiger partial charge is 0.299 e. The fourth-order valence-electron chi connectivity index (χ4n) is 1.51. The SMILES string of the molecule is O=C/C=C(/Cl)c1cc(/C(Cl)=C\C=O)cc(/C(Cl)=C\C=O)c1. The molecule has 0 N–H and O–H groups in total. The molecule has 0 heterocycles. The number of rotatable bonds is 6. The van der Waals surface area contributed by atoms with E-state index >= 15 is 0 Å². The highest BCUT2D eigenvalue weighted by Gasteiger charge is 2.08. The van der Waals surface area contributed by atoms with E-state index in [1.165, 1.54) is 18.2 Å². The Labute approximate surface area is 136 Å². The molecular formula is C15H9Cl3O3. The quantitative estimate of drug-likeness (QED) is 0.579. The Morgan fingerprint density at radius 1 is 0.619 bits per heavy atom. The fourth-order valence-corrected chi connectivity index (χ4v) is 1.99.